The van der Waals surface area contributed by atoms with E-state index < -0.39 is 5.91 Å². The molecule has 8 heteroatoms. The second-order valence-electron chi connectivity index (χ2n) is 6.24. The highest BCUT2D eigenvalue weighted by Crippen LogP contribution is 2.27. The van der Waals surface area contributed by atoms with Gasteiger partial charge in [-0.1, -0.05) is 53.5 Å². The van der Waals surface area contributed by atoms with Crippen LogP contribution in [-0.4, -0.2) is 27.4 Å². The van der Waals surface area contributed by atoms with E-state index >= 15 is 0 Å². The van der Waals surface area contributed by atoms with Gasteiger partial charge in [-0.05, 0) is 41.1 Å². The van der Waals surface area contributed by atoms with Crippen molar-refractivity contribution in [1.82, 2.24) is 15.6 Å². The number of halogens is 2. The number of nitrogens with one attached hydrogen (secondary N) is 2. The number of phenols is 1. The van der Waals surface area contributed by atoms with Gasteiger partial charge in [0.15, 0.2) is 0 Å². The monoisotopic (exact) mass is 424 g/mol. The minimum absolute atomic E-state index is 0.0726. The van der Waals surface area contributed by atoms with Crippen molar-refractivity contribution in [2.75, 3.05) is 0 Å². The molecule has 0 unspecified atom stereocenters. The number of H-pyrrole nitrogens is 1. The van der Waals surface area contributed by atoms with Gasteiger partial charge in [-0.3, -0.25) is 9.89 Å². The predicted octanol–water partition coefficient (Wildman–Crippen LogP) is 5.01. The Morgan fingerprint density at radius 1 is 1.07 bits per heavy atom. The Kier molecular flexibility index (Phi) is 5.20. The van der Waals surface area contributed by atoms with Crippen LogP contribution in [-0.2, 0) is 0 Å². The zero-order valence-corrected chi connectivity index (χ0v) is 16.4. The number of carbonyl (C=O) groups is 1. The number of hydrogen-bond acceptors (Lipinski definition) is 4. The van der Waals surface area contributed by atoms with Crippen LogP contribution in [0.2, 0.25) is 10.0 Å². The Balaban J connectivity index is 1.53. The zero-order chi connectivity index (χ0) is 20.4. The number of phenolic OH excluding ortho intramolecular Hbond substituents is 1. The van der Waals surface area contributed by atoms with Crippen LogP contribution in [0.4, 0.5) is 0 Å². The Morgan fingerprint density at radius 3 is 2.62 bits per heavy atom. The smallest absolute Gasteiger partial charge is 0.289 e. The number of aromatic nitrogens is 2. The first-order valence-corrected chi connectivity index (χ1v) is 9.33. The summed E-state index contributed by atoms with van der Waals surface area (Å²) >= 11 is 12.0. The number of amides is 1. The van der Waals surface area contributed by atoms with Gasteiger partial charge in [0.05, 0.1) is 11.9 Å². The number of fused-ring (bicyclic) bond motifs is 1. The summed E-state index contributed by atoms with van der Waals surface area (Å²) in [5.74, 6) is -0.406. The second-order valence-corrected chi connectivity index (χ2v) is 7.12. The van der Waals surface area contributed by atoms with E-state index in [0.29, 0.717) is 26.9 Å². The number of hydrogen-bond donors (Lipinski definition) is 3. The number of aromatic amines is 1. The van der Waals surface area contributed by atoms with Crippen LogP contribution in [0.5, 0.6) is 5.75 Å². The lowest BCUT2D eigenvalue weighted by atomic mass is 10.0. The minimum Gasteiger partial charge on any atom is -0.507 e. The Morgan fingerprint density at radius 2 is 1.83 bits per heavy atom. The Labute approximate surface area is 175 Å². The van der Waals surface area contributed by atoms with E-state index in [1.807, 2.05) is 30.3 Å². The van der Waals surface area contributed by atoms with Crippen molar-refractivity contribution in [2.24, 2.45) is 5.10 Å². The standard InChI is InChI=1S/C21H14Cl2N4O2/c22-14-7-13(8-15(23)9-14)18-10-19(26-25-18)21(29)27-24-11-17-16-4-2-1-3-12(16)5-6-20(17)28/h1-11,28H,(H,25,26)(H,27,29)/b24-11-. The van der Waals surface area contributed by atoms with Crippen molar-refractivity contribution in [2.45, 2.75) is 0 Å². The summed E-state index contributed by atoms with van der Waals surface area (Å²) in [4.78, 5) is 12.4. The molecule has 1 amide bonds. The van der Waals surface area contributed by atoms with Gasteiger partial charge in [0, 0.05) is 21.2 Å². The van der Waals surface area contributed by atoms with Gasteiger partial charge in [0.1, 0.15) is 11.4 Å². The van der Waals surface area contributed by atoms with Crippen LogP contribution < -0.4 is 5.43 Å². The molecule has 0 bridgehead atoms. The molecule has 0 aliphatic carbocycles. The lowest BCUT2D eigenvalue weighted by Crippen LogP contribution is -2.18. The topological polar surface area (TPSA) is 90.4 Å². The molecule has 0 saturated heterocycles. The summed E-state index contributed by atoms with van der Waals surface area (Å²) in [7, 11) is 0. The van der Waals surface area contributed by atoms with E-state index in [1.165, 1.54) is 6.21 Å². The first-order valence-electron chi connectivity index (χ1n) is 8.57. The molecule has 4 aromatic rings. The molecule has 0 aliphatic rings. The molecule has 3 N–H and O–H groups in total. The molecule has 0 radical (unpaired) electrons. The molecule has 0 fully saturated rings. The van der Waals surface area contributed by atoms with Crippen LogP contribution in [0.3, 0.4) is 0 Å². The molecule has 0 saturated carbocycles. The van der Waals surface area contributed by atoms with Gasteiger partial charge in [-0.15, -0.1) is 0 Å². The fourth-order valence-electron chi connectivity index (χ4n) is 2.92. The van der Waals surface area contributed by atoms with E-state index in [9.17, 15) is 9.90 Å². The molecule has 0 atom stereocenters. The summed E-state index contributed by atoms with van der Waals surface area (Å²) in [6.07, 6.45) is 1.41. The van der Waals surface area contributed by atoms with Gasteiger partial charge in [-0.25, -0.2) is 5.43 Å². The van der Waals surface area contributed by atoms with Crippen molar-refractivity contribution in [1.29, 1.82) is 0 Å². The average molecular weight is 425 g/mol. The number of nitrogens with zero attached hydrogens (tertiary/aromatic N) is 2. The second kappa shape index (κ2) is 7.95. The van der Waals surface area contributed by atoms with Crippen LogP contribution in [0.1, 0.15) is 16.1 Å². The van der Waals surface area contributed by atoms with E-state index in [1.54, 1.807) is 30.3 Å². The highest BCUT2D eigenvalue weighted by Gasteiger charge is 2.12. The highest BCUT2D eigenvalue weighted by atomic mass is 35.5. The average Bonchev–Trinajstić information content (AvgIpc) is 3.19. The fraction of sp³-hybridized carbons (Fsp3) is 0. The lowest BCUT2D eigenvalue weighted by molar-refractivity contribution is 0.0950. The minimum atomic E-state index is -0.479. The molecular weight excluding hydrogens is 411 g/mol. The van der Waals surface area contributed by atoms with Crippen molar-refractivity contribution in [3.63, 3.8) is 0 Å². The lowest BCUT2D eigenvalue weighted by Gasteiger charge is -2.04. The van der Waals surface area contributed by atoms with Crippen molar-refractivity contribution in [3.8, 4) is 17.0 Å². The summed E-state index contributed by atoms with van der Waals surface area (Å²) in [6, 6.07) is 17.6. The van der Waals surface area contributed by atoms with E-state index in [-0.39, 0.29) is 11.4 Å². The molecule has 144 valence electrons. The molecular formula is C21H14Cl2N4O2. The zero-order valence-electron chi connectivity index (χ0n) is 14.9. The summed E-state index contributed by atoms with van der Waals surface area (Å²) in [6.45, 7) is 0. The molecule has 0 spiro atoms. The van der Waals surface area contributed by atoms with Gasteiger partial charge in [-0.2, -0.15) is 10.2 Å². The summed E-state index contributed by atoms with van der Waals surface area (Å²) in [5, 5.41) is 23.6. The van der Waals surface area contributed by atoms with E-state index in [4.69, 9.17) is 23.2 Å². The Bertz CT molecular complexity index is 1230. The maximum Gasteiger partial charge on any atom is 0.289 e. The molecule has 3 aromatic carbocycles. The maximum atomic E-state index is 12.4. The first-order chi connectivity index (χ1) is 14.0. The van der Waals surface area contributed by atoms with Gasteiger partial charge in [0.2, 0.25) is 0 Å². The predicted molar refractivity (Wildman–Crippen MR) is 115 cm³/mol. The van der Waals surface area contributed by atoms with Crippen LogP contribution in [0.15, 0.2) is 65.8 Å². The molecule has 0 aliphatic heterocycles. The van der Waals surface area contributed by atoms with Gasteiger partial charge in [0.25, 0.3) is 5.91 Å². The van der Waals surface area contributed by atoms with Crippen molar-refractivity contribution >= 4 is 46.1 Å². The molecule has 29 heavy (non-hydrogen) atoms. The number of aromatic hydroxyl groups is 1. The number of rotatable bonds is 4. The largest absolute Gasteiger partial charge is 0.507 e. The molecule has 1 aromatic heterocycles. The van der Waals surface area contributed by atoms with Crippen LogP contribution >= 0.6 is 23.2 Å². The SMILES string of the molecule is O=C(N/N=C\c1c(O)ccc2ccccc12)c1cc(-c2cc(Cl)cc(Cl)c2)n[nH]1. The molecule has 6 nitrogen and oxygen atoms in total. The maximum absolute atomic E-state index is 12.4. The van der Waals surface area contributed by atoms with Gasteiger partial charge >= 0.3 is 0 Å². The quantitative estimate of drug-likeness (QED) is 0.317. The number of hydrazone groups is 1. The number of carbonyl (C=O) groups excluding carboxylic acids is 1. The highest BCUT2D eigenvalue weighted by molar-refractivity contribution is 6.35. The van der Waals surface area contributed by atoms with E-state index in [0.717, 1.165) is 10.8 Å². The Hall–Kier alpha value is -3.35. The summed E-state index contributed by atoms with van der Waals surface area (Å²) < 4.78 is 0. The third-order valence-electron chi connectivity index (χ3n) is 4.29. The van der Waals surface area contributed by atoms with Gasteiger partial charge < -0.3 is 5.11 Å². The molecule has 4 rings (SSSR count). The van der Waals surface area contributed by atoms with Crippen LogP contribution in [0, 0.1) is 0 Å². The molecule has 1 heterocycles. The third-order valence-corrected chi connectivity index (χ3v) is 4.72. The third kappa shape index (κ3) is 4.08. The number of benzene rings is 3. The normalized spacial score (nSPS) is 11.2. The first kappa shape index (κ1) is 19.0. The van der Waals surface area contributed by atoms with Crippen molar-refractivity contribution < 1.29 is 9.90 Å². The fourth-order valence-corrected chi connectivity index (χ4v) is 3.45. The summed E-state index contributed by atoms with van der Waals surface area (Å²) in [5.41, 5.74) is 4.36. The van der Waals surface area contributed by atoms with E-state index in [2.05, 4.69) is 20.7 Å². The van der Waals surface area contributed by atoms with Crippen molar-refractivity contribution in [3.05, 3.63) is 82.0 Å². The van der Waals surface area contributed by atoms with Crippen LogP contribution in [0.25, 0.3) is 22.0 Å².